The number of fused-ring (bicyclic) bond motifs is 1. The van der Waals surface area contributed by atoms with Crippen LogP contribution in [0.15, 0.2) is 57.5 Å². The number of nitrogens with zero attached hydrogens (tertiary/aromatic N) is 5. The first-order valence-electron chi connectivity index (χ1n) is 10.0. The van der Waals surface area contributed by atoms with Gasteiger partial charge in [0.1, 0.15) is 17.2 Å². The molecule has 10 heteroatoms. The molecule has 4 rings (SSSR count). The molecular weight excluding hydrogens is 413 g/mol. The fourth-order valence-electron chi connectivity index (χ4n) is 3.45. The number of hydrogen-bond donors (Lipinski definition) is 2. The van der Waals surface area contributed by atoms with E-state index in [9.17, 15) is 14.0 Å². The van der Waals surface area contributed by atoms with Gasteiger partial charge in [0.25, 0.3) is 11.5 Å². The second-order valence-electron chi connectivity index (χ2n) is 7.52. The maximum atomic E-state index is 13.5. The van der Waals surface area contributed by atoms with Gasteiger partial charge in [0, 0.05) is 37.1 Å². The Labute approximate surface area is 183 Å². The Morgan fingerprint density at radius 1 is 1.19 bits per heavy atom. The third-order valence-corrected chi connectivity index (χ3v) is 5.32. The second-order valence-corrected chi connectivity index (χ2v) is 7.52. The molecule has 0 unspecified atom stereocenters. The summed E-state index contributed by atoms with van der Waals surface area (Å²) in [6.07, 6.45) is 2.37. The maximum Gasteiger partial charge on any atom is 0.259 e. The molecule has 0 bridgehead atoms. The van der Waals surface area contributed by atoms with Gasteiger partial charge in [-0.05, 0) is 43.4 Å². The number of nitrogens with two attached hydrogens (primary N) is 1. The largest absolute Gasteiger partial charge is 0.336 e. The van der Waals surface area contributed by atoms with Crippen molar-refractivity contribution in [2.24, 2.45) is 15.9 Å². The molecule has 0 aliphatic carbocycles. The smallest absolute Gasteiger partial charge is 0.259 e. The number of pyridine rings is 2. The number of benzene rings is 1. The predicted molar refractivity (Wildman–Crippen MR) is 121 cm³/mol. The monoisotopic (exact) mass is 435 g/mol. The van der Waals surface area contributed by atoms with E-state index >= 15 is 0 Å². The molecule has 0 atom stereocenters. The number of carbonyl (C=O) groups is 1. The van der Waals surface area contributed by atoms with Crippen LogP contribution >= 0.6 is 0 Å². The Kier molecular flexibility index (Phi) is 6.04. The summed E-state index contributed by atoms with van der Waals surface area (Å²) in [4.78, 5) is 39.8. The van der Waals surface area contributed by atoms with Crippen LogP contribution in [-0.4, -0.2) is 70.8 Å². The van der Waals surface area contributed by atoms with E-state index in [0.29, 0.717) is 29.7 Å². The number of aromatic amines is 1. The van der Waals surface area contributed by atoms with Crippen LogP contribution in [0.2, 0.25) is 0 Å². The zero-order chi connectivity index (χ0) is 22.7. The molecule has 1 amide bonds. The summed E-state index contributed by atoms with van der Waals surface area (Å²) in [5, 5.41) is 4.05. The van der Waals surface area contributed by atoms with E-state index in [4.69, 9.17) is 5.84 Å². The van der Waals surface area contributed by atoms with Crippen molar-refractivity contribution in [1.29, 1.82) is 0 Å². The molecule has 0 saturated carbocycles. The molecule has 1 saturated heterocycles. The molecule has 2 aromatic heterocycles. The average Bonchev–Trinajstić information content (AvgIpc) is 2.80. The van der Waals surface area contributed by atoms with E-state index in [1.165, 1.54) is 18.3 Å². The number of likely N-dealkylation sites (N-methyl/N-ethyl adjacent to an activating group) is 1. The normalized spacial score (nSPS) is 15.6. The number of rotatable bonds is 4. The lowest BCUT2D eigenvalue weighted by Crippen LogP contribution is -2.47. The SMILES string of the molecule is CN1CCN(C(=O)c2ccc(N=CC(=NN)c3cc4cc(F)cnc4[nH]c3=O)cc2)CC1. The van der Waals surface area contributed by atoms with Gasteiger partial charge >= 0.3 is 0 Å². The van der Waals surface area contributed by atoms with E-state index < -0.39 is 11.4 Å². The molecule has 3 N–H and O–H groups in total. The Balaban J connectivity index is 1.52. The molecule has 1 aromatic carbocycles. The minimum Gasteiger partial charge on any atom is -0.336 e. The highest BCUT2D eigenvalue weighted by atomic mass is 19.1. The van der Waals surface area contributed by atoms with E-state index in [2.05, 4.69) is 25.0 Å². The van der Waals surface area contributed by atoms with E-state index in [0.717, 1.165) is 19.3 Å². The summed E-state index contributed by atoms with van der Waals surface area (Å²) >= 11 is 0. The fourth-order valence-corrected chi connectivity index (χ4v) is 3.45. The number of aromatic nitrogens is 2. The van der Waals surface area contributed by atoms with Gasteiger partial charge in [0.2, 0.25) is 0 Å². The van der Waals surface area contributed by atoms with Gasteiger partial charge in [-0.3, -0.25) is 14.6 Å². The molecule has 1 aliphatic heterocycles. The van der Waals surface area contributed by atoms with Crippen LogP contribution < -0.4 is 11.4 Å². The molecule has 9 nitrogen and oxygen atoms in total. The summed E-state index contributed by atoms with van der Waals surface area (Å²) < 4.78 is 13.5. The molecule has 0 spiro atoms. The number of H-pyrrole nitrogens is 1. The number of amides is 1. The summed E-state index contributed by atoms with van der Waals surface area (Å²) in [5.74, 6) is 4.93. The minimum absolute atomic E-state index is 0.0126. The fraction of sp³-hybridized carbons (Fsp3) is 0.227. The number of hydrazone groups is 1. The first-order chi connectivity index (χ1) is 15.4. The second kappa shape index (κ2) is 9.06. The molecule has 164 valence electrons. The summed E-state index contributed by atoms with van der Waals surface area (Å²) in [6, 6.07) is 9.55. The van der Waals surface area contributed by atoms with Crippen molar-refractivity contribution in [3.63, 3.8) is 0 Å². The van der Waals surface area contributed by atoms with Crippen LogP contribution in [0.4, 0.5) is 10.1 Å². The van der Waals surface area contributed by atoms with Crippen molar-refractivity contribution in [2.75, 3.05) is 33.2 Å². The van der Waals surface area contributed by atoms with Gasteiger partial charge in [-0.15, -0.1) is 0 Å². The lowest BCUT2D eigenvalue weighted by Gasteiger charge is -2.32. The van der Waals surface area contributed by atoms with Crippen LogP contribution in [0.5, 0.6) is 0 Å². The molecule has 1 fully saturated rings. The van der Waals surface area contributed by atoms with E-state index in [1.54, 1.807) is 24.3 Å². The third-order valence-electron chi connectivity index (χ3n) is 5.32. The summed E-state index contributed by atoms with van der Waals surface area (Å²) in [6.45, 7) is 3.11. The summed E-state index contributed by atoms with van der Waals surface area (Å²) in [7, 11) is 2.04. The topological polar surface area (TPSA) is 120 Å². The number of hydrogen-bond acceptors (Lipinski definition) is 7. The quantitative estimate of drug-likeness (QED) is 0.366. The van der Waals surface area contributed by atoms with E-state index in [1.807, 2.05) is 11.9 Å². The van der Waals surface area contributed by atoms with E-state index in [-0.39, 0.29) is 22.8 Å². The Hall–Kier alpha value is -3.92. The van der Waals surface area contributed by atoms with Crippen molar-refractivity contribution < 1.29 is 9.18 Å². The number of piperazine rings is 1. The Bertz CT molecular complexity index is 1260. The highest BCUT2D eigenvalue weighted by Gasteiger charge is 2.20. The van der Waals surface area contributed by atoms with Gasteiger partial charge < -0.3 is 20.6 Å². The number of halogens is 1. The minimum atomic E-state index is -0.526. The molecule has 1 aliphatic rings. The van der Waals surface area contributed by atoms with Crippen molar-refractivity contribution in [3.8, 4) is 0 Å². The zero-order valence-electron chi connectivity index (χ0n) is 17.5. The van der Waals surface area contributed by atoms with Crippen LogP contribution in [0, 0.1) is 5.82 Å². The van der Waals surface area contributed by atoms with Gasteiger partial charge in [-0.1, -0.05) is 0 Å². The highest BCUT2D eigenvalue weighted by Crippen LogP contribution is 2.16. The van der Waals surface area contributed by atoms with Gasteiger partial charge in [0.15, 0.2) is 0 Å². The standard InChI is InChI=1S/C22H22FN7O2/c1-29-6-8-30(9-7-29)22(32)14-2-4-17(5-3-14)25-13-19(28-24)18-11-15-10-16(23)12-26-20(15)27-21(18)31/h2-5,10-13H,6-9,24H2,1H3,(H,26,27,31). The van der Waals surface area contributed by atoms with Crippen molar-refractivity contribution >= 4 is 34.6 Å². The van der Waals surface area contributed by atoms with Crippen LogP contribution in [0.3, 0.4) is 0 Å². The van der Waals surface area contributed by atoms with Crippen LogP contribution in [0.1, 0.15) is 15.9 Å². The summed E-state index contributed by atoms with van der Waals surface area (Å²) in [5.41, 5.74) is 1.19. The van der Waals surface area contributed by atoms with Crippen molar-refractivity contribution in [1.82, 2.24) is 19.8 Å². The van der Waals surface area contributed by atoms with Crippen molar-refractivity contribution in [3.05, 3.63) is 69.9 Å². The number of nitrogens with one attached hydrogen (secondary N) is 1. The lowest BCUT2D eigenvalue weighted by atomic mass is 10.1. The third kappa shape index (κ3) is 4.54. The zero-order valence-corrected chi connectivity index (χ0v) is 17.5. The van der Waals surface area contributed by atoms with Crippen molar-refractivity contribution in [2.45, 2.75) is 0 Å². The Morgan fingerprint density at radius 2 is 1.91 bits per heavy atom. The van der Waals surface area contributed by atoms with Crippen LogP contribution in [0.25, 0.3) is 11.0 Å². The highest BCUT2D eigenvalue weighted by molar-refractivity contribution is 6.38. The number of carbonyl (C=O) groups excluding carboxylic acids is 1. The molecule has 0 radical (unpaired) electrons. The van der Waals surface area contributed by atoms with Gasteiger partial charge in [0.05, 0.1) is 23.7 Å². The molecule has 32 heavy (non-hydrogen) atoms. The lowest BCUT2D eigenvalue weighted by molar-refractivity contribution is 0.0664. The maximum absolute atomic E-state index is 13.5. The first kappa shape index (κ1) is 21.3. The molecule has 3 heterocycles. The predicted octanol–water partition coefficient (Wildman–Crippen LogP) is 1.52. The van der Waals surface area contributed by atoms with Gasteiger partial charge in [-0.2, -0.15) is 5.10 Å². The first-order valence-corrected chi connectivity index (χ1v) is 10.0. The number of aliphatic imine (C=N–C) groups is 1. The molecular formula is C22H22FN7O2. The Morgan fingerprint density at radius 3 is 2.59 bits per heavy atom. The molecule has 3 aromatic rings. The van der Waals surface area contributed by atoms with Gasteiger partial charge in [-0.25, -0.2) is 9.37 Å². The van der Waals surface area contributed by atoms with Crippen LogP contribution in [-0.2, 0) is 0 Å². The average molecular weight is 435 g/mol.